The highest BCUT2D eigenvalue weighted by Crippen LogP contribution is 2.25. The maximum Gasteiger partial charge on any atom is 0.349 e. The molecule has 1 aromatic heterocycles. The second kappa shape index (κ2) is 8.95. The number of hydrogen-bond donors (Lipinski definition) is 1. The molecule has 0 unspecified atom stereocenters. The molecule has 1 amide bonds. The van der Waals surface area contributed by atoms with E-state index in [0.29, 0.717) is 16.9 Å². The van der Waals surface area contributed by atoms with Crippen LogP contribution in [0.25, 0.3) is 11.0 Å². The average Bonchev–Trinajstić information content (AvgIpc) is 2.76. The third-order valence-corrected chi connectivity index (χ3v) is 4.16. The van der Waals surface area contributed by atoms with Crippen LogP contribution < -0.4 is 25.2 Å². The Morgan fingerprint density at radius 2 is 1.73 bits per heavy atom. The van der Waals surface area contributed by atoms with E-state index in [1.165, 1.54) is 50.6 Å². The van der Waals surface area contributed by atoms with Crippen molar-refractivity contribution in [1.82, 2.24) is 5.32 Å². The Bertz CT molecular complexity index is 1160. The van der Waals surface area contributed by atoms with Crippen molar-refractivity contribution < 1.29 is 28.2 Å². The van der Waals surface area contributed by atoms with Crippen LogP contribution in [0.2, 0.25) is 0 Å². The van der Waals surface area contributed by atoms with Crippen LogP contribution in [-0.4, -0.2) is 32.6 Å². The van der Waals surface area contributed by atoms with Crippen molar-refractivity contribution in [3.8, 4) is 17.2 Å². The molecule has 0 aliphatic carbocycles. The molecule has 0 fully saturated rings. The van der Waals surface area contributed by atoms with Gasteiger partial charge in [-0.2, -0.15) is 0 Å². The number of hydrogen-bond acceptors (Lipinski definition) is 7. The Kier molecular flexibility index (Phi) is 6.17. The first-order valence-electron chi connectivity index (χ1n) is 8.87. The zero-order valence-corrected chi connectivity index (χ0v) is 16.4. The summed E-state index contributed by atoms with van der Waals surface area (Å²) < 4.78 is 20.9. The van der Waals surface area contributed by atoms with E-state index in [-0.39, 0.29) is 29.0 Å². The lowest BCUT2D eigenvalue weighted by atomic mass is 10.1. The van der Waals surface area contributed by atoms with Gasteiger partial charge in [0.1, 0.15) is 28.4 Å². The molecule has 0 aliphatic rings. The smallest absolute Gasteiger partial charge is 0.349 e. The van der Waals surface area contributed by atoms with Crippen molar-refractivity contribution in [2.24, 2.45) is 0 Å². The first-order chi connectivity index (χ1) is 14.4. The third-order valence-electron chi connectivity index (χ3n) is 4.16. The summed E-state index contributed by atoms with van der Waals surface area (Å²) in [6.45, 7) is 3.72. The third kappa shape index (κ3) is 4.49. The van der Waals surface area contributed by atoms with E-state index in [0.717, 1.165) is 0 Å². The summed E-state index contributed by atoms with van der Waals surface area (Å²) in [6, 6.07) is 10.6. The monoisotopic (exact) mass is 409 g/mol. The van der Waals surface area contributed by atoms with Gasteiger partial charge in [-0.15, -0.1) is 6.58 Å². The summed E-state index contributed by atoms with van der Waals surface area (Å²) in [5.74, 6) is -0.162. The number of carbonyl (C=O) groups excluding carboxylic acids is 2. The lowest BCUT2D eigenvalue weighted by Crippen LogP contribution is -2.28. The molecule has 0 radical (unpaired) electrons. The van der Waals surface area contributed by atoms with Crippen molar-refractivity contribution in [3.05, 3.63) is 76.7 Å². The van der Waals surface area contributed by atoms with E-state index in [1.807, 2.05) is 0 Å². The predicted molar refractivity (Wildman–Crippen MR) is 110 cm³/mol. The fraction of sp³-hybridized carbons (Fsp3) is 0.136. The lowest BCUT2D eigenvalue weighted by Gasteiger charge is -2.09. The Labute approximate surface area is 171 Å². The molecule has 8 heteroatoms. The average molecular weight is 409 g/mol. The molecule has 0 atom stereocenters. The molecule has 8 nitrogen and oxygen atoms in total. The molecule has 0 bridgehead atoms. The maximum absolute atomic E-state index is 12.5. The van der Waals surface area contributed by atoms with Crippen LogP contribution in [0.3, 0.4) is 0 Å². The number of carbonyl (C=O) groups is 2. The van der Waals surface area contributed by atoms with Gasteiger partial charge in [-0.25, -0.2) is 9.59 Å². The Balaban J connectivity index is 1.87. The van der Waals surface area contributed by atoms with Crippen LogP contribution in [-0.2, 0) is 0 Å². The number of nitrogens with one attached hydrogen (secondary N) is 1. The Morgan fingerprint density at radius 3 is 2.37 bits per heavy atom. The molecule has 1 N–H and O–H groups in total. The zero-order chi connectivity index (χ0) is 21.7. The summed E-state index contributed by atoms with van der Waals surface area (Å²) in [4.78, 5) is 36.7. The van der Waals surface area contributed by atoms with Gasteiger partial charge < -0.3 is 23.9 Å². The number of benzene rings is 2. The van der Waals surface area contributed by atoms with Gasteiger partial charge >= 0.3 is 11.6 Å². The largest absolute Gasteiger partial charge is 0.497 e. The van der Waals surface area contributed by atoms with Gasteiger partial charge in [0, 0.05) is 24.1 Å². The summed E-state index contributed by atoms with van der Waals surface area (Å²) in [6.07, 6.45) is 1.50. The van der Waals surface area contributed by atoms with Gasteiger partial charge in [0.2, 0.25) is 0 Å². The van der Waals surface area contributed by atoms with Crippen molar-refractivity contribution in [2.75, 3.05) is 20.8 Å². The number of ether oxygens (including phenoxy) is 3. The summed E-state index contributed by atoms with van der Waals surface area (Å²) >= 11 is 0. The summed E-state index contributed by atoms with van der Waals surface area (Å²) in [5.41, 5.74) is -0.529. The van der Waals surface area contributed by atoms with E-state index < -0.39 is 17.5 Å². The number of esters is 1. The van der Waals surface area contributed by atoms with Crippen LogP contribution in [0.1, 0.15) is 20.7 Å². The van der Waals surface area contributed by atoms with Crippen molar-refractivity contribution in [3.63, 3.8) is 0 Å². The first-order valence-corrected chi connectivity index (χ1v) is 8.87. The standard InChI is InChI=1S/C22H19NO7/c1-4-7-23-20(24)18-10-13-5-6-15(12-19(13)30-22(18)26)29-21(25)14-8-16(27-2)11-17(9-14)28-3/h4-6,8-12H,1,7H2,2-3H3,(H,23,24). The second-order valence-corrected chi connectivity index (χ2v) is 6.14. The molecule has 0 aliphatic heterocycles. The fourth-order valence-electron chi connectivity index (χ4n) is 2.66. The molecule has 3 rings (SSSR count). The number of amides is 1. The van der Waals surface area contributed by atoms with Crippen molar-refractivity contribution in [1.29, 1.82) is 0 Å². The topological polar surface area (TPSA) is 104 Å². The van der Waals surface area contributed by atoms with Crippen molar-refractivity contribution >= 4 is 22.8 Å². The van der Waals surface area contributed by atoms with Crippen LogP contribution in [0.5, 0.6) is 17.2 Å². The highest BCUT2D eigenvalue weighted by Gasteiger charge is 2.16. The maximum atomic E-state index is 12.5. The van der Waals surface area contributed by atoms with Gasteiger partial charge in [0.25, 0.3) is 5.91 Å². The molecule has 1 heterocycles. The van der Waals surface area contributed by atoms with Gasteiger partial charge in [-0.3, -0.25) is 4.79 Å². The minimum Gasteiger partial charge on any atom is -0.497 e. The zero-order valence-electron chi connectivity index (χ0n) is 16.4. The second-order valence-electron chi connectivity index (χ2n) is 6.14. The molecular weight excluding hydrogens is 390 g/mol. The predicted octanol–water partition coefficient (Wildman–Crippen LogP) is 2.95. The number of methoxy groups -OCH3 is 2. The molecule has 30 heavy (non-hydrogen) atoms. The van der Waals surface area contributed by atoms with Crippen LogP contribution >= 0.6 is 0 Å². The van der Waals surface area contributed by atoms with Gasteiger partial charge in [-0.1, -0.05) is 6.08 Å². The lowest BCUT2D eigenvalue weighted by molar-refractivity contribution is 0.0734. The van der Waals surface area contributed by atoms with E-state index in [4.69, 9.17) is 18.6 Å². The molecular formula is C22H19NO7. The minimum atomic E-state index is -0.801. The van der Waals surface area contributed by atoms with Crippen LogP contribution in [0.15, 0.2) is 64.3 Å². The first kappa shape index (κ1) is 20.7. The SMILES string of the molecule is C=CCNC(=O)c1cc2ccc(OC(=O)c3cc(OC)cc(OC)c3)cc2oc1=O. The van der Waals surface area contributed by atoms with E-state index in [1.54, 1.807) is 12.1 Å². The number of fused-ring (bicyclic) bond motifs is 1. The molecule has 3 aromatic rings. The molecule has 0 saturated heterocycles. The van der Waals surface area contributed by atoms with E-state index in [2.05, 4.69) is 11.9 Å². The normalized spacial score (nSPS) is 10.3. The molecule has 0 spiro atoms. The van der Waals surface area contributed by atoms with Gasteiger partial charge in [-0.05, 0) is 30.3 Å². The van der Waals surface area contributed by atoms with Gasteiger partial charge in [0.05, 0.1) is 19.8 Å². The molecule has 154 valence electrons. The molecule has 0 saturated carbocycles. The van der Waals surface area contributed by atoms with E-state index >= 15 is 0 Å². The van der Waals surface area contributed by atoms with Gasteiger partial charge in [0.15, 0.2) is 0 Å². The van der Waals surface area contributed by atoms with Crippen molar-refractivity contribution in [2.45, 2.75) is 0 Å². The Hall–Kier alpha value is -4.07. The van der Waals surface area contributed by atoms with E-state index in [9.17, 15) is 14.4 Å². The summed E-state index contributed by atoms with van der Waals surface area (Å²) in [5, 5.41) is 3.02. The minimum absolute atomic E-state index is 0.127. The van der Waals surface area contributed by atoms with Crippen LogP contribution in [0, 0.1) is 0 Å². The van der Waals surface area contributed by atoms with Crippen LogP contribution in [0.4, 0.5) is 0 Å². The highest BCUT2D eigenvalue weighted by atomic mass is 16.5. The number of rotatable bonds is 7. The summed E-state index contributed by atoms with van der Waals surface area (Å²) in [7, 11) is 2.95. The highest BCUT2D eigenvalue weighted by molar-refractivity contribution is 5.97. The Morgan fingerprint density at radius 1 is 1.03 bits per heavy atom. The quantitative estimate of drug-likeness (QED) is 0.277. The molecule has 2 aromatic carbocycles. The fourth-order valence-corrected chi connectivity index (χ4v) is 2.66.